The quantitative estimate of drug-likeness (QED) is 0.865. The van der Waals surface area contributed by atoms with Crippen LogP contribution >= 0.6 is 0 Å². The first-order valence-electron chi connectivity index (χ1n) is 7.43. The van der Waals surface area contributed by atoms with Gasteiger partial charge in [0.2, 0.25) is 0 Å². The van der Waals surface area contributed by atoms with E-state index in [-0.39, 0.29) is 12.6 Å². The third-order valence-electron chi connectivity index (χ3n) is 3.89. The molecule has 3 unspecified atom stereocenters. The Bertz CT molecular complexity index is 537. The number of nitrogens with zero attached hydrogens (tertiary/aromatic N) is 1. The van der Waals surface area contributed by atoms with Gasteiger partial charge in [0.15, 0.2) is 0 Å². The van der Waals surface area contributed by atoms with Crippen LogP contribution in [-0.4, -0.2) is 32.4 Å². The Kier molecular flexibility index (Phi) is 5.37. The minimum absolute atomic E-state index is 0.214. The van der Waals surface area contributed by atoms with Gasteiger partial charge < -0.3 is 5.73 Å². The number of hydrogen-bond donors (Lipinski definition) is 2. The molecule has 1 aliphatic heterocycles. The summed E-state index contributed by atoms with van der Waals surface area (Å²) in [4.78, 5) is 0. The summed E-state index contributed by atoms with van der Waals surface area (Å²) in [5, 5.41) is 0. The molecular weight excluding hydrogens is 286 g/mol. The first kappa shape index (κ1) is 16.4. The summed E-state index contributed by atoms with van der Waals surface area (Å²) in [6, 6.07) is 9.20. The highest BCUT2D eigenvalue weighted by Crippen LogP contribution is 2.22. The van der Waals surface area contributed by atoms with Gasteiger partial charge >= 0.3 is 0 Å². The molecule has 1 aromatic rings. The summed E-state index contributed by atoms with van der Waals surface area (Å²) in [6.07, 6.45) is 1.08. The van der Waals surface area contributed by atoms with E-state index in [9.17, 15) is 8.42 Å². The molecule has 3 N–H and O–H groups in total. The maximum Gasteiger partial charge on any atom is 0.279 e. The third-order valence-corrected chi connectivity index (χ3v) is 5.40. The minimum atomic E-state index is -3.45. The van der Waals surface area contributed by atoms with Crippen LogP contribution in [0.3, 0.4) is 0 Å². The van der Waals surface area contributed by atoms with Gasteiger partial charge in [-0.3, -0.25) is 0 Å². The van der Waals surface area contributed by atoms with Crippen molar-refractivity contribution in [1.29, 1.82) is 0 Å². The zero-order valence-electron chi connectivity index (χ0n) is 12.7. The van der Waals surface area contributed by atoms with E-state index in [4.69, 9.17) is 5.73 Å². The summed E-state index contributed by atoms with van der Waals surface area (Å²) >= 11 is 0. The zero-order valence-corrected chi connectivity index (χ0v) is 13.5. The van der Waals surface area contributed by atoms with Gasteiger partial charge in [0, 0.05) is 25.7 Å². The molecule has 6 heteroatoms. The summed E-state index contributed by atoms with van der Waals surface area (Å²) in [5.74, 6) is 0.793. The lowest BCUT2D eigenvalue weighted by Crippen LogP contribution is -2.49. The minimum Gasteiger partial charge on any atom is -0.323 e. The van der Waals surface area contributed by atoms with Crippen LogP contribution in [0.25, 0.3) is 0 Å². The summed E-state index contributed by atoms with van der Waals surface area (Å²) in [7, 11) is -3.45. The van der Waals surface area contributed by atoms with Crippen molar-refractivity contribution in [2.45, 2.75) is 26.3 Å². The first-order valence-corrected chi connectivity index (χ1v) is 8.87. The number of rotatable bonds is 5. The van der Waals surface area contributed by atoms with Crippen molar-refractivity contribution in [2.24, 2.45) is 17.6 Å². The van der Waals surface area contributed by atoms with Crippen molar-refractivity contribution in [2.75, 3.05) is 19.6 Å². The highest BCUT2D eigenvalue weighted by atomic mass is 32.2. The summed E-state index contributed by atoms with van der Waals surface area (Å²) < 4.78 is 28.9. The van der Waals surface area contributed by atoms with Gasteiger partial charge in [-0.15, -0.1) is 0 Å². The van der Waals surface area contributed by atoms with Crippen LogP contribution in [0.2, 0.25) is 0 Å². The van der Waals surface area contributed by atoms with Gasteiger partial charge in [0.1, 0.15) is 0 Å². The van der Waals surface area contributed by atoms with Crippen molar-refractivity contribution in [3.8, 4) is 0 Å². The Morgan fingerprint density at radius 2 is 1.81 bits per heavy atom. The van der Waals surface area contributed by atoms with Crippen molar-refractivity contribution in [3.63, 3.8) is 0 Å². The molecule has 0 radical (unpaired) electrons. The molecule has 1 heterocycles. The molecule has 118 valence electrons. The highest BCUT2D eigenvalue weighted by molar-refractivity contribution is 7.87. The van der Waals surface area contributed by atoms with E-state index in [1.165, 1.54) is 0 Å². The Balaban J connectivity index is 1.95. The van der Waals surface area contributed by atoms with Crippen LogP contribution in [-0.2, 0) is 10.2 Å². The molecule has 0 spiro atoms. The SMILES string of the molecule is CC1CC(C)CN(S(=O)(=O)NCC(N)c2ccccc2)C1. The molecule has 1 aromatic carbocycles. The standard InChI is InChI=1S/C15H25N3O2S/c1-12-8-13(2)11-18(10-12)21(19,20)17-9-15(16)14-6-4-3-5-7-14/h3-7,12-13,15,17H,8-11,16H2,1-2H3. The van der Waals surface area contributed by atoms with Crippen LogP contribution in [0, 0.1) is 11.8 Å². The molecule has 21 heavy (non-hydrogen) atoms. The number of benzene rings is 1. The fraction of sp³-hybridized carbons (Fsp3) is 0.600. The monoisotopic (exact) mass is 311 g/mol. The number of nitrogens with one attached hydrogen (secondary N) is 1. The van der Waals surface area contributed by atoms with Crippen LogP contribution in [0.4, 0.5) is 0 Å². The molecule has 0 amide bonds. The van der Waals surface area contributed by atoms with Crippen LogP contribution in [0.1, 0.15) is 31.9 Å². The second-order valence-electron chi connectivity index (χ2n) is 6.13. The lowest BCUT2D eigenvalue weighted by atomic mass is 9.94. The molecule has 0 aliphatic carbocycles. The molecular formula is C15H25N3O2S. The van der Waals surface area contributed by atoms with Gasteiger partial charge in [-0.25, -0.2) is 4.72 Å². The van der Waals surface area contributed by atoms with E-state index in [1.807, 2.05) is 30.3 Å². The molecule has 5 nitrogen and oxygen atoms in total. The fourth-order valence-electron chi connectivity index (χ4n) is 2.91. The van der Waals surface area contributed by atoms with Gasteiger partial charge in [0.05, 0.1) is 0 Å². The molecule has 1 fully saturated rings. The average Bonchev–Trinajstić information content (AvgIpc) is 2.45. The molecule has 0 aromatic heterocycles. The fourth-order valence-corrected chi connectivity index (χ4v) is 4.38. The van der Waals surface area contributed by atoms with Crippen molar-refractivity contribution < 1.29 is 8.42 Å². The molecule has 0 bridgehead atoms. The van der Waals surface area contributed by atoms with E-state index in [0.29, 0.717) is 24.9 Å². The van der Waals surface area contributed by atoms with Gasteiger partial charge in [0.25, 0.3) is 10.2 Å². The number of nitrogens with two attached hydrogens (primary N) is 1. The summed E-state index contributed by atoms with van der Waals surface area (Å²) in [5.41, 5.74) is 6.97. The predicted molar refractivity (Wildman–Crippen MR) is 84.8 cm³/mol. The van der Waals surface area contributed by atoms with Gasteiger partial charge in [-0.05, 0) is 23.8 Å². The van der Waals surface area contributed by atoms with E-state index in [0.717, 1.165) is 12.0 Å². The van der Waals surface area contributed by atoms with Gasteiger partial charge in [-0.1, -0.05) is 44.2 Å². The average molecular weight is 311 g/mol. The zero-order chi connectivity index (χ0) is 15.5. The molecule has 3 atom stereocenters. The van der Waals surface area contributed by atoms with Crippen LogP contribution in [0.5, 0.6) is 0 Å². The van der Waals surface area contributed by atoms with E-state index in [1.54, 1.807) is 4.31 Å². The smallest absolute Gasteiger partial charge is 0.279 e. The number of hydrogen-bond acceptors (Lipinski definition) is 3. The van der Waals surface area contributed by atoms with Gasteiger partial charge in [-0.2, -0.15) is 12.7 Å². The van der Waals surface area contributed by atoms with Crippen LogP contribution in [0.15, 0.2) is 30.3 Å². The van der Waals surface area contributed by atoms with E-state index in [2.05, 4.69) is 18.6 Å². The second-order valence-corrected chi connectivity index (χ2v) is 7.89. The Morgan fingerprint density at radius 1 is 1.24 bits per heavy atom. The first-order chi connectivity index (χ1) is 9.88. The Hall–Kier alpha value is -0.950. The second kappa shape index (κ2) is 6.87. The summed E-state index contributed by atoms with van der Waals surface area (Å²) in [6.45, 7) is 5.56. The maximum absolute atomic E-state index is 12.4. The Morgan fingerprint density at radius 3 is 2.38 bits per heavy atom. The lowest BCUT2D eigenvalue weighted by Gasteiger charge is -2.34. The van der Waals surface area contributed by atoms with Crippen molar-refractivity contribution in [3.05, 3.63) is 35.9 Å². The highest BCUT2D eigenvalue weighted by Gasteiger charge is 2.30. The molecule has 1 aliphatic rings. The van der Waals surface area contributed by atoms with E-state index >= 15 is 0 Å². The Labute approximate surface area is 127 Å². The topological polar surface area (TPSA) is 75.4 Å². The largest absolute Gasteiger partial charge is 0.323 e. The number of piperidine rings is 1. The van der Waals surface area contributed by atoms with Crippen molar-refractivity contribution >= 4 is 10.2 Å². The lowest BCUT2D eigenvalue weighted by molar-refractivity contribution is 0.220. The van der Waals surface area contributed by atoms with Crippen LogP contribution < -0.4 is 10.5 Å². The molecule has 2 rings (SSSR count). The molecule has 0 saturated carbocycles. The predicted octanol–water partition coefficient (Wildman–Crippen LogP) is 1.50. The maximum atomic E-state index is 12.4. The van der Waals surface area contributed by atoms with E-state index < -0.39 is 10.2 Å². The normalized spacial score (nSPS) is 25.7. The third kappa shape index (κ3) is 4.51. The molecule has 1 saturated heterocycles. The van der Waals surface area contributed by atoms with Crippen molar-refractivity contribution in [1.82, 2.24) is 9.03 Å².